The zero-order valence-corrected chi connectivity index (χ0v) is 12.2. The number of hydrogen-bond donors (Lipinski definition) is 0. The second-order valence-corrected chi connectivity index (χ2v) is 6.14. The van der Waals surface area contributed by atoms with E-state index in [0.717, 1.165) is 31.4 Å². The van der Waals surface area contributed by atoms with Gasteiger partial charge < -0.3 is 4.52 Å². The van der Waals surface area contributed by atoms with Crippen molar-refractivity contribution in [2.45, 2.75) is 31.5 Å². The van der Waals surface area contributed by atoms with Gasteiger partial charge in [0, 0.05) is 37.8 Å². The summed E-state index contributed by atoms with van der Waals surface area (Å²) >= 11 is 0. The summed E-state index contributed by atoms with van der Waals surface area (Å²) in [5.74, 6) is 0. The fourth-order valence-corrected chi connectivity index (χ4v) is 3.77. The number of rotatable bonds is 3. The molecule has 0 N–H and O–H groups in total. The summed E-state index contributed by atoms with van der Waals surface area (Å²) in [5, 5.41) is 4.09. The number of hydrogen-bond acceptors (Lipinski definition) is 4. The van der Waals surface area contributed by atoms with Gasteiger partial charge in [-0.25, -0.2) is 0 Å². The molecule has 0 amide bonds. The van der Waals surface area contributed by atoms with Gasteiger partial charge in [0.15, 0.2) is 0 Å². The average Bonchev–Trinajstić information content (AvgIpc) is 3.18. The van der Waals surface area contributed by atoms with Crippen LogP contribution >= 0.6 is 0 Å². The standard InChI is InChI=1S/C17H21N3O/c1-2-5-14(6-3-1)17-13-19-9-4-7-16(19)12-20(17)11-15-8-10-21-18-15/h1-3,5-6,8,10,16-17H,4,7,9,11-13H2. The molecule has 2 aliphatic rings. The SMILES string of the molecule is c1ccc(C2CN3CCCC3CN2Cc2ccon2)cc1. The van der Waals surface area contributed by atoms with Crippen LogP contribution in [0.5, 0.6) is 0 Å². The minimum Gasteiger partial charge on any atom is -0.364 e. The molecule has 0 radical (unpaired) electrons. The molecule has 0 spiro atoms. The molecular formula is C17H21N3O. The molecule has 0 saturated carbocycles. The number of piperazine rings is 1. The van der Waals surface area contributed by atoms with Crippen LogP contribution in [0.25, 0.3) is 0 Å². The minimum atomic E-state index is 0.456. The lowest BCUT2D eigenvalue weighted by atomic mass is 9.99. The first-order valence-electron chi connectivity index (χ1n) is 7.82. The molecule has 2 unspecified atom stereocenters. The van der Waals surface area contributed by atoms with Crippen LogP contribution in [-0.2, 0) is 6.54 Å². The Balaban J connectivity index is 1.60. The van der Waals surface area contributed by atoms with Gasteiger partial charge >= 0.3 is 0 Å². The van der Waals surface area contributed by atoms with E-state index in [1.807, 2.05) is 6.07 Å². The molecule has 4 rings (SSSR count). The van der Waals surface area contributed by atoms with Crippen LogP contribution in [0.2, 0.25) is 0 Å². The maximum Gasteiger partial charge on any atom is 0.124 e. The van der Waals surface area contributed by atoms with Crippen molar-refractivity contribution in [3.05, 3.63) is 53.9 Å². The van der Waals surface area contributed by atoms with Gasteiger partial charge in [-0.2, -0.15) is 0 Å². The van der Waals surface area contributed by atoms with Crippen molar-refractivity contribution in [1.82, 2.24) is 15.0 Å². The molecule has 2 aromatic rings. The third-order valence-corrected chi connectivity index (χ3v) is 4.83. The summed E-state index contributed by atoms with van der Waals surface area (Å²) in [5.41, 5.74) is 2.44. The Kier molecular flexibility index (Phi) is 3.49. The van der Waals surface area contributed by atoms with E-state index in [-0.39, 0.29) is 0 Å². The fourth-order valence-electron chi connectivity index (χ4n) is 3.77. The topological polar surface area (TPSA) is 32.5 Å². The van der Waals surface area contributed by atoms with E-state index in [1.165, 1.54) is 24.9 Å². The molecule has 2 fully saturated rings. The molecule has 4 nitrogen and oxygen atoms in total. The van der Waals surface area contributed by atoms with E-state index in [4.69, 9.17) is 4.52 Å². The van der Waals surface area contributed by atoms with Crippen LogP contribution in [0.3, 0.4) is 0 Å². The molecule has 4 heteroatoms. The third kappa shape index (κ3) is 2.61. The normalized spacial score (nSPS) is 26.9. The molecule has 1 aromatic carbocycles. The van der Waals surface area contributed by atoms with Crippen LogP contribution in [0.15, 0.2) is 47.2 Å². The van der Waals surface area contributed by atoms with E-state index in [9.17, 15) is 0 Å². The largest absolute Gasteiger partial charge is 0.364 e. The first-order chi connectivity index (χ1) is 10.4. The lowest BCUT2D eigenvalue weighted by Crippen LogP contribution is -2.51. The smallest absolute Gasteiger partial charge is 0.124 e. The van der Waals surface area contributed by atoms with Crippen molar-refractivity contribution < 1.29 is 4.52 Å². The van der Waals surface area contributed by atoms with Crippen LogP contribution in [0.4, 0.5) is 0 Å². The van der Waals surface area contributed by atoms with Gasteiger partial charge in [0.05, 0.1) is 5.69 Å². The van der Waals surface area contributed by atoms with Gasteiger partial charge in [-0.05, 0) is 24.9 Å². The van der Waals surface area contributed by atoms with Gasteiger partial charge in [-0.3, -0.25) is 9.80 Å². The number of aromatic nitrogens is 1. The monoisotopic (exact) mass is 283 g/mol. The van der Waals surface area contributed by atoms with Crippen molar-refractivity contribution in [3.8, 4) is 0 Å². The molecule has 0 bridgehead atoms. The summed E-state index contributed by atoms with van der Waals surface area (Å²) in [4.78, 5) is 5.23. The summed E-state index contributed by atoms with van der Waals surface area (Å²) in [6, 6.07) is 14.0. The highest BCUT2D eigenvalue weighted by Gasteiger charge is 2.36. The van der Waals surface area contributed by atoms with Gasteiger partial charge in [0.2, 0.25) is 0 Å². The molecular weight excluding hydrogens is 262 g/mol. The van der Waals surface area contributed by atoms with Crippen molar-refractivity contribution >= 4 is 0 Å². The summed E-state index contributed by atoms with van der Waals surface area (Å²) in [6.45, 7) is 4.39. The lowest BCUT2D eigenvalue weighted by Gasteiger charge is -2.43. The molecule has 3 heterocycles. The summed E-state index contributed by atoms with van der Waals surface area (Å²) < 4.78 is 5.00. The molecule has 2 saturated heterocycles. The van der Waals surface area contributed by atoms with Crippen molar-refractivity contribution in [2.75, 3.05) is 19.6 Å². The molecule has 21 heavy (non-hydrogen) atoms. The molecule has 110 valence electrons. The predicted octanol–water partition coefficient (Wildman–Crippen LogP) is 2.70. The summed E-state index contributed by atoms with van der Waals surface area (Å²) in [6.07, 6.45) is 4.33. The number of benzene rings is 1. The first-order valence-corrected chi connectivity index (χ1v) is 7.82. The van der Waals surface area contributed by atoms with Crippen LogP contribution in [0, 0.1) is 0 Å². The van der Waals surface area contributed by atoms with Crippen molar-refractivity contribution in [2.24, 2.45) is 0 Å². The van der Waals surface area contributed by atoms with Crippen LogP contribution < -0.4 is 0 Å². The maximum absolute atomic E-state index is 5.00. The van der Waals surface area contributed by atoms with Crippen LogP contribution in [-0.4, -0.2) is 40.6 Å². The Bertz CT molecular complexity index is 569. The first kappa shape index (κ1) is 13.0. The highest BCUT2D eigenvalue weighted by molar-refractivity contribution is 5.21. The third-order valence-electron chi connectivity index (χ3n) is 4.83. The van der Waals surface area contributed by atoms with Gasteiger partial charge in [-0.1, -0.05) is 35.5 Å². The second kappa shape index (κ2) is 5.62. The molecule has 0 aliphatic carbocycles. The number of fused-ring (bicyclic) bond motifs is 1. The highest BCUT2D eigenvalue weighted by Crippen LogP contribution is 2.33. The Morgan fingerprint density at radius 1 is 1.14 bits per heavy atom. The van der Waals surface area contributed by atoms with Gasteiger partial charge in [0.25, 0.3) is 0 Å². The quantitative estimate of drug-likeness (QED) is 0.867. The molecule has 2 atom stereocenters. The average molecular weight is 283 g/mol. The Morgan fingerprint density at radius 2 is 2.05 bits per heavy atom. The zero-order chi connectivity index (χ0) is 14.1. The number of nitrogens with zero attached hydrogens (tertiary/aromatic N) is 3. The highest BCUT2D eigenvalue weighted by atomic mass is 16.5. The van der Waals surface area contributed by atoms with Gasteiger partial charge in [0.1, 0.15) is 6.26 Å². The van der Waals surface area contributed by atoms with E-state index in [0.29, 0.717) is 6.04 Å². The minimum absolute atomic E-state index is 0.456. The Hall–Kier alpha value is -1.65. The van der Waals surface area contributed by atoms with Crippen molar-refractivity contribution in [1.29, 1.82) is 0 Å². The van der Waals surface area contributed by atoms with E-state index < -0.39 is 0 Å². The zero-order valence-electron chi connectivity index (χ0n) is 12.2. The van der Waals surface area contributed by atoms with E-state index >= 15 is 0 Å². The predicted molar refractivity (Wildman–Crippen MR) is 80.7 cm³/mol. The maximum atomic E-state index is 5.00. The van der Waals surface area contributed by atoms with E-state index in [2.05, 4.69) is 45.3 Å². The van der Waals surface area contributed by atoms with Gasteiger partial charge in [-0.15, -0.1) is 0 Å². The van der Waals surface area contributed by atoms with Crippen molar-refractivity contribution in [3.63, 3.8) is 0 Å². The lowest BCUT2D eigenvalue weighted by molar-refractivity contribution is 0.0433. The van der Waals surface area contributed by atoms with E-state index in [1.54, 1.807) is 6.26 Å². The molecule has 2 aliphatic heterocycles. The second-order valence-electron chi connectivity index (χ2n) is 6.14. The summed E-state index contributed by atoms with van der Waals surface area (Å²) in [7, 11) is 0. The Labute approximate surface area is 125 Å². The molecule has 1 aromatic heterocycles. The van der Waals surface area contributed by atoms with Crippen LogP contribution in [0.1, 0.15) is 30.1 Å². The Morgan fingerprint density at radius 3 is 2.86 bits per heavy atom. The fraction of sp³-hybridized carbons (Fsp3) is 0.471.